The van der Waals surface area contributed by atoms with Crippen LogP contribution in [0.4, 0.5) is 11.6 Å². The van der Waals surface area contributed by atoms with Gasteiger partial charge in [-0.05, 0) is 78.5 Å². The van der Waals surface area contributed by atoms with Crippen molar-refractivity contribution in [3.63, 3.8) is 0 Å². The van der Waals surface area contributed by atoms with E-state index in [2.05, 4.69) is 52.5 Å². The van der Waals surface area contributed by atoms with Gasteiger partial charge in [0.1, 0.15) is 12.6 Å². The molecule has 0 aliphatic carbocycles. The van der Waals surface area contributed by atoms with E-state index in [0.29, 0.717) is 50.6 Å². The molecule has 4 aromatic rings. The van der Waals surface area contributed by atoms with Crippen molar-refractivity contribution in [2.45, 2.75) is 51.9 Å². The Kier molecular flexibility index (Phi) is 9.23. The summed E-state index contributed by atoms with van der Waals surface area (Å²) >= 11 is 5.30. The van der Waals surface area contributed by atoms with Gasteiger partial charge in [0.15, 0.2) is 11.5 Å². The van der Waals surface area contributed by atoms with Crippen molar-refractivity contribution in [3.8, 4) is 11.5 Å². The molecule has 1 aliphatic rings. The van der Waals surface area contributed by atoms with Crippen LogP contribution in [-0.2, 0) is 11.4 Å². The molecule has 0 spiro atoms. The second-order valence-corrected chi connectivity index (χ2v) is 12.1. The number of nitrogens with zero attached hydrogens (tertiary/aromatic N) is 3. The summed E-state index contributed by atoms with van der Waals surface area (Å²) in [4.78, 5) is 18.6. The topological polar surface area (TPSA) is 90.3 Å². The first-order chi connectivity index (χ1) is 20.3. The Balaban J connectivity index is 1.54. The summed E-state index contributed by atoms with van der Waals surface area (Å²) in [6, 6.07) is 19.3. The van der Waals surface area contributed by atoms with Crippen molar-refractivity contribution in [2.75, 3.05) is 23.5 Å². The highest BCUT2D eigenvalue weighted by Gasteiger charge is 2.35. The molecule has 10 heteroatoms. The van der Waals surface area contributed by atoms with Crippen LogP contribution in [-0.4, -0.2) is 33.5 Å². The molecule has 0 fully saturated rings. The number of aryl methyl sites for hydroxylation is 2. The molecule has 42 heavy (non-hydrogen) atoms. The van der Waals surface area contributed by atoms with Crippen LogP contribution in [0.5, 0.6) is 11.5 Å². The van der Waals surface area contributed by atoms with Gasteiger partial charge in [0.05, 0.1) is 17.2 Å². The number of hydrogen-bond acceptors (Lipinski definition) is 7. The van der Waals surface area contributed by atoms with E-state index in [1.165, 1.54) is 5.56 Å². The fraction of sp³-hybridized carbons (Fsp3) is 0.281. The fourth-order valence-electron chi connectivity index (χ4n) is 4.70. The fourth-order valence-corrected chi connectivity index (χ4v) is 5.96. The van der Waals surface area contributed by atoms with Gasteiger partial charge in [0.2, 0.25) is 11.1 Å². The summed E-state index contributed by atoms with van der Waals surface area (Å²) in [5.41, 5.74) is 6.11. The van der Waals surface area contributed by atoms with Crippen LogP contribution in [0.15, 0.2) is 81.6 Å². The molecule has 1 aliphatic heterocycles. The zero-order valence-electron chi connectivity index (χ0n) is 24.3. The Morgan fingerprint density at radius 3 is 2.43 bits per heavy atom. The number of carbonyl (C=O) groups is 1. The first kappa shape index (κ1) is 29.7. The lowest BCUT2D eigenvalue weighted by molar-refractivity contribution is -0.113. The van der Waals surface area contributed by atoms with Gasteiger partial charge < -0.3 is 20.1 Å². The van der Waals surface area contributed by atoms with Gasteiger partial charge in [-0.1, -0.05) is 66.2 Å². The van der Waals surface area contributed by atoms with Crippen LogP contribution in [0.3, 0.4) is 0 Å². The molecule has 1 atom stereocenters. The maximum absolute atomic E-state index is 13.9. The van der Waals surface area contributed by atoms with E-state index in [-0.39, 0.29) is 5.91 Å². The van der Waals surface area contributed by atoms with E-state index in [1.54, 1.807) is 23.6 Å². The molecule has 1 amide bonds. The van der Waals surface area contributed by atoms with Crippen molar-refractivity contribution >= 4 is 45.2 Å². The number of benzene rings is 3. The SMILES string of the molecule is CCCSc1nc2n(n1)C(c1cc(Br)c(OCc3ccc(C)cc3)c(OC)c1)C(C(=O)Nc1ccc(C)cc1)=C(C)N2. The summed E-state index contributed by atoms with van der Waals surface area (Å²) in [6.07, 6.45) is 1.00. The summed E-state index contributed by atoms with van der Waals surface area (Å²) in [5.74, 6) is 2.38. The highest BCUT2D eigenvalue weighted by molar-refractivity contribution is 9.10. The minimum atomic E-state index is -0.563. The molecule has 1 aromatic heterocycles. The van der Waals surface area contributed by atoms with E-state index >= 15 is 0 Å². The predicted molar refractivity (Wildman–Crippen MR) is 172 cm³/mol. The number of nitrogens with one attached hydrogen (secondary N) is 2. The number of ether oxygens (including phenoxy) is 2. The Morgan fingerprint density at radius 2 is 1.76 bits per heavy atom. The molecule has 5 rings (SSSR count). The van der Waals surface area contributed by atoms with Gasteiger partial charge in [-0.3, -0.25) is 4.79 Å². The molecular formula is C32H34BrN5O3S. The summed E-state index contributed by atoms with van der Waals surface area (Å²) in [7, 11) is 1.61. The van der Waals surface area contributed by atoms with E-state index in [9.17, 15) is 4.79 Å². The van der Waals surface area contributed by atoms with E-state index in [4.69, 9.17) is 19.6 Å². The number of hydrogen-bond donors (Lipinski definition) is 2. The molecule has 218 valence electrons. The third-order valence-corrected chi connectivity index (χ3v) is 8.53. The number of allylic oxidation sites excluding steroid dienone is 1. The molecule has 0 radical (unpaired) electrons. The van der Waals surface area contributed by atoms with E-state index in [0.717, 1.165) is 28.9 Å². The number of amides is 1. The lowest BCUT2D eigenvalue weighted by Crippen LogP contribution is -2.31. The van der Waals surface area contributed by atoms with Gasteiger partial charge in [0.25, 0.3) is 5.91 Å². The minimum absolute atomic E-state index is 0.229. The van der Waals surface area contributed by atoms with Crippen molar-refractivity contribution in [1.29, 1.82) is 0 Å². The predicted octanol–water partition coefficient (Wildman–Crippen LogP) is 7.67. The van der Waals surface area contributed by atoms with Crippen LogP contribution in [0.1, 0.15) is 48.6 Å². The average molecular weight is 649 g/mol. The van der Waals surface area contributed by atoms with Crippen molar-refractivity contribution < 1.29 is 14.3 Å². The number of fused-ring (bicyclic) bond motifs is 1. The summed E-state index contributed by atoms with van der Waals surface area (Å²) in [6.45, 7) is 8.46. The van der Waals surface area contributed by atoms with Crippen molar-refractivity contribution in [1.82, 2.24) is 14.8 Å². The lowest BCUT2D eigenvalue weighted by Gasteiger charge is -2.29. The van der Waals surface area contributed by atoms with Gasteiger partial charge in [-0.2, -0.15) is 4.98 Å². The molecular weight excluding hydrogens is 614 g/mol. The van der Waals surface area contributed by atoms with Crippen LogP contribution in [0, 0.1) is 13.8 Å². The third-order valence-electron chi connectivity index (χ3n) is 6.89. The Bertz CT molecular complexity index is 1620. The monoisotopic (exact) mass is 647 g/mol. The average Bonchev–Trinajstić information content (AvgIpc) is 3.38. The van der Waals surface area contributed by atoms with E-state index < -0.39 is 6.04 Å². The number of aromatic nitrogens is 3. The molecule has 2 heterocycles. The Labute approximate surface area is 259 Å². The molecule has 0 saturated heterocycles. The maximum atomic E-state index is 13.9. The number of anilines is 2. The second-order valence-electron chi connectivity index (χ2n) is 10.2. The molecule has 0 bridgehead atoms. The van der Waals surface area contributed by atoms with Gasteiger partial charge in [-0.15, -0.1) is 5.10 Å². The normalized spacial score (nSPS) is 14.3. The van der Waals surface area contributed by atoms with Crippen LogP contribution in [0.25, 0.3) is 0 Å². The highest BCUT2D eigenvalue weighted by Crippen LogP contribution is 2.43. The van der Waals surface area contributed by atoms with E-state index in [1.807, 2.05) is 62.4 Å². The zero-order valence-corrected chi connectivity index (χ0v) is 26.7. The van der Waals surface area contributed by atoms with Crippen LogP contribution in [0.2, 0.25) is 0 Å². The number of halogens is 1. The maximum Gasteiger partial charge on any atom is 0.255 e. The smallest absolute Gasteiger partial charge is 0.255 e. The molecule has 0 saturated carbocycles. The van der Waals surface area contributed by atoms with Crippen LogP contribution >= 0.6 is 27.7 Å². The number of methoxy groups -OCH3 is 1. The molecule has 3 aromatic carbocycles. The highest BCUT2D eigenvalue weighted by atomic mass is 79.9. The van der Waals surface area contributed by atoms with Crippen LogP contribution < -0.4 is 20.1 Å². The number of rotatable bonds is 10. The second kappa shape index (κ2) is 13.0. The number of carbonyl (C=O) groups excluding carboxylic acids is 1. The Morgan fingerprint density at radius 1 is 1.07 bits per heavy atom. The summed E-state index contributed by atoms with van der Waals surface area (Å²) < 4.78 is 14.5. The number of thioether (sulfide) groups is 1. The van der Waals surface area contributed by atoms with Crippen molar-refractivity contribution in [2.24, 2.45) is 0 Å². The third kappa shape index (κ3) is 6.50. The van der Waals surface area contributed by atoms with Gasteiger partial charge >= 0.3 is 0 Å². The lowest BCUT2D eigenvalue weighted by atomic mass is 9.94. The first-order valence-electron chi connectivity index (χ1n) is 13.8. The van der Waals surface area contributed by atoms with Crippen molar-refractivity contribution in [3.05, 3.63) is 98.7 Å². The largest absolute Gasteiger partial charge is 0.493 e. The molecule has 2 N–H and O–H groups in total. The first-order valence-corrected chi connectivity index (χ1v) is 15.6. The van der Waals surface area contributed by atoms with Gasteiger partial charge in [0, 0.05) is 17.1 Å². The quantitative estimate of drug-likeness (QED) is 0.171. The van der Waals surface area contributed by atoms with Gasteiger partial charge in [-0.25, -0.2) is 4.68 Å². The standard InChI is InChI=1S/C32H34BrN5O3S/c1-6-15-42-32-36-31-34-21(4)27(30(39)35-24-13-9-20(3)10-14-24)28(38(31)37-32)23-16-25(33)29(26(17-23)40-5)41-18-22-11-7-19(2)8-12-22/h7-14,16-17,28H,6,15,18H2,1-5H3,(H,35,39)(H,34,36,37). The minimum Gasteiger partial charge on any atom is -0.493 e. The zero-order chi connectivity index (χ0) is 29.8. The molecule has 1 unspecified atom stereocenters. The summed E-state index contributed by atoms with van der Waals surface area (Å²) in [5, 5.41) is 11.9. The Hall–Kier alpha value is -3.76. The molecule has 8 nitrogen and oxygen atoms in total.